The number of carbonyl (C=O) groups is 1. The highest BCUT2D eigenvalue weighted by Gasteiger charge is 2.61. The minimum atomic E-state index is -0.162. The molecule has 1 aliphatic carbocycles. The molecule has 1 spiro atoms. The van der Waals surface area contributed by atoms with Crippen molar-refractivity contribution in [2.45, 2.75) is 50.1 Å². The zero-order valence-electron chi connectivity index (χ0n) is 11.4. The van der Waals surface area contributed by atoms with E-state index in [4.69, 9.17) is 0 Å². The molecule has 2 fully saturated rings. The Morgan fingerprint density at radius 1 is 1.21 bits per heavy atom. The number of para-hydroxylation sites is 1. The zero-order chi connectivity index (χ0) is 13.1. The molecular formula is C16H20N2O. The van der Waals surface area contributed by atoms with Gasteiger partial charge in [-0.2, -0.15) is 0 Å². The van der Waals surface area contributed by atoms with Crippen LogP contribution in [-0.4, -0.2) is 18.1 Å². The first-order valence-electron chi connectivity index (χ1n) is 7.36. The van der Waals surface area contributed by atoms with Gasteiger partial charge in [0, 0.05) is 24.1 Å². The van der Waals surface area contributed by atoms with Crippen molar-refractivity contribution in [3.63, 3.8) is 0 Å². The van der Waals surface area contributed by atoms with E-state index in [1.165, 1.54) is 30.5 Å². The number of hydrogen-bond donors (Lipinski definition) is 1. The van der Waals surface area contributed by atoms with E-state index >= 15 is 0 Å². The topological polar surface area (TPSA) is 32.3 Å². The summed E-state index contributed by atoms with van der Waals surface area (Å²) in [4.78, 5) is 14.5. The first-order chi connectivity index (χ1) is 9.17. The second kappa shape index (κ2) is 3.53. The molecule has 19 heavy (non-hydrogen) atoms. The highest BCUT2D eigenvalue weighted by Crippen LogP contribution is 2.57. The normalized spacial score (nSPS) is 36.3. The standard InChI is InChI=1S/C16H20N2O/c1-15-9-4-5-10-16(15)17-14(19)8-11-18(16)13-7-3-2-6-12(13)15/h2-3,6-7H,4-5,8-11H2,1H3,(H,17,19). The number of hydrogen-bond acceptors (Lipinski definition) is 2. The molecule has 100 valence electrons. The van der Waals surface area contributed by atoms with Gasteiger partial charge in [0.25, 0.3) is 0 Å². The van der Waals surface area contributed by atoms with Gasteiger partial charge in [0.05, 0.1) is 0 Å². The molecule has 0 aromatic heterocycles. The maximum atomic E-state index is 12.0. The molecule has 1 aromatic rings. The quantitative estimate of drug-likeness (QED) is 0.773. The predicted molar refractivity (Wildman–Crippen MR) is 75.1 cm³/mol. The van der Waals surface area contributed by atoms with Crippen LogP contribution < -0.4 is 10.2 Å². The molecule has 1 saturated carbocycles. The van der Waals surface area contributed by atoms with Crippen LogP contribution in [0.4, 0.5) is 5.69 Å². The minimum absolute atomic E-state index is 0.0674. The number of amides is 1. The molecule has 3 aliphatic rings. The van der Waals surface area contributed by atoms with Gasteiger partial charge in [0.1, 0.15) is 5.66 Å². The predicted octanol–water partition coefficient (Wildman–Crippen LogP) is 2.55. The summed E-state index contributed by atoms with van der Waals surface area (Å²) in [5, 5.41) is 3.37. The fourth-order valence-corrected chi connectivity index (χ4v) is 4.60. The Labute approximate surface area is 114 Å². The van der Waals surface area contributed by atoms with E-state index in [0.29, 0.717) is 6.42 Å². The summed E-state index contributed by atoms with van der Waals surface area (Å²) in [5.41, 5.74) is 2.67. The van der Waals surface area contributed by atoms with E-state index in [1.54, 1.807) is 0 Å². The molecule has 3 heteroatoms. The second-order valence-electron chi connectivity index (χ2n) is 6.37. The van der Waals surface area contributed by atoms with Crippen molar-refractivity contribution in [3.8, 4) is 0 Å². The van der Waals surface area contributed by atoms with Crippen molar-refractivity contribution in [2.75, 3.05) is 11.4 Å². The molecule has 4 rings (SSSR count). The van der Waals surface area contributed by atoms with Crippen molar-refractivity contribution >= 4 is 11.6 Å². The number of rotatable bonds is 0. The van der Waals surface area contributed by atoms with Crippen LogP contribution in [0.5, 0.6) is 0 Å². The number of anilines is 1. The van der Waals surface area contributed by atoms with Crippen LogP contribution in [0.25, 0.3) is 0 Å². The van der Waals surface area contributed by atoms with Gasteiger partial charge in [-0.15, -0.1) is 0 Å². The Balaban J connectivity index is 1.95. The lowest BCUT2D eigenvalue weighted by atomic mass is 9.64. The van der Waals surface area contributed by atoms with Crippen LogP contribution in [0.3, 0.4) is 0 Å². The fourth-order valence-electron chi connectivity index (χ4n) is 4.60. The zero-order valence-corrected chi connectivity index (χ0v) is 11.4. The Bertz CT molecular complexity index is 555. The third kappa shape index (κ3) is 1.21. The van der Waals surface area contributed by atoms with Gasteiger partial charge in [-0.05, 0) is 30.9 Å². The summed E-state index contributed by atoms with van der Waals surface area (Å²) in [5.74, 6) is 0.220. The summed E-state index contributed by atoms with van der Waals surface area (Å²) in [6.45, 7) is 3.20. The number of benzene rings is 1. The molecule has 3 nitrogen and oxygen atoms in total. The SMILES string of the molecule is CC12CCCCC13NC(=O)CCN3c1ccccc12. The van der Waals surface area contributed by atoms with E-state index < -0.39 is 0 Å². The number of nitrogens with one attached hydrogen (secondary N) is 1. The molecule has 2 atom stereocenters. The van der Waals surface area contributed by atoms with Gasteiger partial charge >= 0.3 is 0 Å². The first-order valence-corrected chi connectivity index (χ1v) is 7.36. The van der Waals surface area contributed by atoms with E-state index in [-0.39, 0.29) is 17.0 Å². The molecule has 0 bridgehead atoms. The maximum absolute atomic E-state index is 12.0. The summed E-state index contributed by atoms with van der Waals surface area (Å²) in [6.07, 6.45) is 5.33. The summed E-state index contributed by atoms with van der Waals surface area (Å²) >= 11 is 0. The van der Waals surface area contributed by atoms with Crippen molar-refractivity contribution in [2.24, 2.45) is 0 Å². The Morgan fingerprint density at radius 2 is 2.00 bits per heavy atom. The highest BCUT2D eigenvalue weighted by atomic mass is 16.2. The molecule has 2 aliphatic heterocycles. The van der Waals surface area contributed by atoms with Crippen LogP contribution in [0.1, 0.15) is 44.6 Å². The van der Waals surface area contributed by atoms with Gasteiger partial charge in [0.15, 0.2) is 0 Å². The van der Waals surface area contributed by atoms with Crippen LogP contribution in [0.2, 0.25) is 0 Å². The van der Waals surface area contributed by atoms with Crippen molar-refractivity contribution in [3.05, 3.63) is 29.8 Å². The van der Waals surface area contributed by atoms with Crippen molar-refractivity contribution in [1.29, 1.82) is 0 Å². The molecule has 2 unspecified atom stereocenters. The average Bonchev–Trinajstić information content (AvgIpc) is 2.65. The highest BCUT2D eigenvalue weighted by molar-refractivity contribution is 5.83. The van der Waals surface area contributed by atoms with Crippen molar-refractivity contribution < 1.29 is 4.79 Å². The van der Waals surface area contributed by atoms with E-state index in [1.807, 2.05) is 0 Å². The number of carbonyl (C=O) groups excluding carboxylic acids is 1. The lowest BCUT2D eigenvalue weighted by Crippen LogP contribution is -2.71. The second-order valence-corrected chi connectivity index (χ2v) is 6.37. The van der Waals surface area contributed by atoms with Crippen molar-refractivity contribution in [1.82, 2.24) is 5.32 Å². The molecule has 1 aromatic carbocycles. The van der Waals surface area contributed by atoms with E-state index in [2.05, 4.69) is 41.4 Å². The summed E-state index contributed by atoms with van der Waals surface area (Å²) < 4.78 is 0. The molecule has 1 saturated heterocycles. The smallest absolute Gasteiger partial charge is 0.223 e. The van der Waals surface area contributed by atoms with Gasteiger partial charge in [-0.3, -0.25) is 4.79 Å². The molecule has 1 amide bonds. The minimum Gasteiger partial charge on any atom is -0.347 e. The molecule has 2 heterocycles. The van der Waals surface area contributed by atoms with Crippen LogP contribution >= 0.6 is 0 Å². The third-order valence-electron chi connectivity index (χ3n) is 5.54. The third-order valence-corrected chi connectivity index (χ3v) is 5.54. The average molecular weight is 256 g/mol. The maximum Gasteiger partial charge on any atom is 0.223 e. The van der Waals surface area contributed by atoms with Crippen LogP contribution in [0.15, 0.2) is 24.3 Å². The lowest BCUT2D eigenvalue weighted by molar-refractivity contribution is -0.126. The molecule has 1 N–H and O–H groups in total. The summed E-state index contributed by atoms with van der Waals surface area (Å²) in [7, 11) is 0. The van der Waals surface area contributed by atoms with E-state index in [9.17, 15) is 4.79 Å². The number of nitrogens with zero attached hydrogens (tertiary/aromatic N) is 1. The van der Waals surface area contributed by atoms with E-state index in [0.717, 1.165) is 13.0 Å². The van der Waals surface area contributed by atoms with Gasteiger partial charge in [-0.25, -0.2) is 0 Å². The Morgan fingerprint density at radius 3 is 2.89 bits per heavy atom. The van der Waals surface area contributed by atoms with Gasteiger partial charge in [-0.1, -0.05) is 31.5 Å². The molecule has 0 radical (unpaired) electrons. The summed E-state index contributed by atoms with van der Waals surface area (Å²) in [6, 6.07) is 8.72. The first kappa shape index (κ1) is 11.3. The fraction of sp³-hybridized carbons (Fsp3) is 0.562. The van der Waals surface area contributed by atoms with Gasteiger partial charge in [0.2, 0.25) is 5.91 Å². The Hall–Kier alpha value is -1.51. The molecular weight excluding hydrogens is 236 g/mol. The largest absolute Gasteiger partial charge is 0.347 e. The Kier molecular flexibility index (Phi) is 2.10. The van der Waals surface area contributed by atoms with Crippen LogP contribution in [0, 0.1) is 0 Å². The lowest BCUT2D eigenvalue weighted by Gasteiger charge is -2.54. The van der Waals surface area contributed by atoms with Crippen LogP contribution in [-0.2, 0) is 10.2 Å². The van der Waals surface area contributed by atoms with Gasteiger partial charge < -0.3 is 10.2 Å². The monoisotopic (exact) mass is 256 g/mol. The number of fused-ring (bicyclic) bond motifs is 3.